The van der Waals surface area contributed by atoms with E-state index >= 15 is 0 Å². The number of nitrogens with one attached hydrogen (secondary N) is 2. The van der Waals surface area contributed by atoms with Crippen molar-refractivity contribution in [1.29, 1.82) is 0 Å². The molecule has 2 amide bonds. The van der Waals surface area contributed by atoms with Crippen molar-refractivity contribution in [3.05, 3.63) is 71.9 Å². The van der Waals surface area contributed by atoms with Gasteiger partial charge in [-0.05, 0) is 17.2 Å². The Morgan fingerprint density at radius 3 is 2.45 bits per heavy atom. The molecule has 2 heterocycles. The summed E-state index contributed by atoms with van der Waals surface area (Å²) in [6.45, 7) is 3.68. The van der Waals surface area contributed by atoms with Crippen LogP contribution in [0.5, 0.6) is 0 Å². The molecule has 1 aliphatic rings. The van der Waals surface area contributed by atoms with E-state index in [1.54, 1.807) is 0 Å². The van der Waals surface area contributed by atoms with Crippen LogP contribution in [-0.4, -0.2) is 59.3 Å². The van der Waals surface area contributed by atoms with Crippen LogP contribution in [0.1, 0.15) is 11.1 Å². The Morgan fingerprint density at radius 2 is 1.66 bits per heavy atom. The van der Waals surface area contributed by atoms with E-state index in [0.29, 0.717) is 32.6 Å². The van der Waals surface area contributed by atoms with Crippen LogP contribution in [0.15, 0.2) is 60.8 Å². The molecule has 1 aliphatic heterocycles. The van der Waals surface area contributed by atoms with Crippen molar-refractivity contribution in [2.75, 3.05) is 32.7 Å². The van der Waals surface area contributed by atoms with Crippen molar-refractivity contribution in [3.63, 3.8) is 0 Å². The third-order valence-corrected chi connectivity index (χ3v) is 5.44. The van der Waals surface area contributed by atoms with E-state index < -0.39 is 0 Å². The average molecular weight is 390 g/mol. The molecule has 0 aliphatic carbocycles. The molecule has 0 saturated carbocycles. The van der Waals surface area contributed by atoms with Crippen molar-refractivity contribution in [3.8, 4) is 0 Å². The van der Waals surface area contributed by atoms with Crippen LogP contribution >= 0.6 is 0 Å². The molecule has 2 aromatic carbocycles. The summed E-state index contributed by atoms with van der Waals surface area (Å²) in [4.78, 5) is 32.1. The lowest BCUT2D eigenvalue weighted by Crippen LogP contribution is -2.51. The number of piperazine rings is 1. The van der Waals surface area contributed by atoms with E-state index in [1.807, 2.05) is 65.7 Å². The third-order valence-electron chi connectivity index (χ3n) is 5.44. The monoisotopic (exact) mass is 390 g/mol. The number of nitrogens with zero attached hydrogens (tertiary/aromatic N) is 2. The number of rotatable bonds is 6. The second kappa shape index (κ2) is 8.92. The number of carbonyl (C=O) groups is 2. The summed E-state index contributed by atoms with van der Waals surface area (Å²) in [5.74, 6) is 0.162. The maximum absolute atomic E-state index is 12.7. The normalized spacial score (nSPS) is 14.8. The second-order valence-electron chi connectivity index (χ2n) is 7.46. The zero-order valence-electron chi connectivity index (χ0n) is 16.4. The van der Waals surface area contributed by atoms with Gasteiger partial charge in [0, 0.05) is 49.8 Å². The predicted octanol–water partition coefficient (Wildman–Crippen LogP) is 2.17. The summed E-state index contributed by atoms with van der Waals surface area (Å²) in [6.07, 6.45) is 2.33. The molecule has 0 unspecified atom stereocenters. The van der Waals surface area contributed by atoms with Gasteiger partial charge in [0.15, 0.2) is 0 Å². The van der Waals surface area contributed by atoms with Gasteiger partial charge < -0.3 is 15.2 Å². The summed E-state index contributed by atoms with van der Waals surface area (Å²) in [7, 11) is 0. The molecule has 1 saturated heterocycles. The summed E-state index contributed by atoms with van der Waals surface area (Å²) in [5.41, 5.74) is 3.18. The topological polar surface area (TPSA) is 68.4 Å². The van der Waals surface area contributed by atoms with Crippen LogP contribution in [0, 0.1) is 0 Å². The Morgan fingerprint density at radius 1 is 0.931 bits per heavy atom. The number of aromatic nitrogens is 1. The molecule has 29 heavy (non-hydrogen) atoms. The van der Waals surface area contributed by atoms with Crippen molar-refractivity contribution >= 4 is 22.7 Å². The quantitative estimate of drug-likeness (QED) is 0.678. The van der Waals surface area contributed by atoms with Gasteiger partial charge >= 0.3 is 0 Å². The lowest BCUT2D eigenvalue weighted by Gasteiger charge is -2.34. The number of H-pyrrole nitrogens is 1. The van der Waals surface area contributed by atoms with Crippen LogP contribution < -0.4 is 5.32 Å². The highest BCUT2D eigenvalue weighted by Crippen LogP contribution is 2.19. The first kappa shape index (κ1) is 19.2. The lowest BCUT2D eigenvalue weighted by molar-refractivity contribution is -0.132. The number of hydrogen-bond donors (Lipinski definition) is 2. The molecular formula is C23H26N4O2. The van der Waals surface area contributed by atoms with Crippen molar-refractivity contribution in [2.45, 2.75) is 13.0 Å². The standard InChI is InChI=1S/C23H26N4O2/c28-22(25-15-18-6-2-1-3-7-18)17-26-10-12-27(13-11-26)23(29)14-19-16-24-21-9-5-4-8-20(19)21/h1-9,16,24H,10-15,17H2,(H,25,28). The Kier molecular flexibility index (Phi) is 5.91. The highest BCUT2D eigenvalue weighted by Gasteiger charge is 2.23. The minimum absolute atomic E-state index is 0.0208. The number of benzene rings is 2. The number of amides is 2. The number of aromatic amines is 1. The van der Waals surface area contributed by atoms with Gasteiger partial charge in [-0.1, -0.05) is 48.5 Å². The van der Waals surface area contributed by atoms with Crippen molar-refractivity contribution < 1.29 is 9.59 Å². The van der Waals surface area contributed by atoms with Crippen LogP contribution in [0.3, 0.4) is 0 Å². The number of para-hydroxylation sites is 1. The first-order valence-electron chi connectivity index (χ1n) is 10.0. The molecule has 1 aromatic heterocycles. The molecule has 0 radical (unpaired) electrons. The van der Waals surface area contributed by atoms with Gasteiger partial charge in [0.25, 0.3) is 0 Å². The lowest BCUT2D eigenvalue weighted by atomic mass is 10.1. The maximum atomic E-state index is 12.7. The van der Waals surface area contributed by atoms with E-state index in [9.17, 15) is 9.59 Å². The van der Waals surface area contributed by atoms with Gasteiger partial charge in [-0.15, -0.1) is 0 Å². The molecule has 2 N–H and O–H groups in total. The Hall–Kier alpha value is -3.12. The van der Waals surface area contributed by atoms with Gasteiger partial charge in [-0.25, -0.2) is 0 Å². The van der Waals surface area contributed by atoms with Gasteiger partial charge in [-0.2, -0.15) is 0 Å². The molecule has 0 bridgehead atoms. The van der Waals surface area contributed by atoms with Gasteiger partial charge in [-0.3, -0.25) is 14.5 Å². The zero-order valence-corrected chi connectivity index (χ0v) is 16.4. The average Bonchev–Trinajstić information content (AvgIpc) is 3.16. The molecule has 4 rings (SSSR count). The Bertz CT molecular complexity index is 975. The second-order valence-corrected chi connectivity index (χ2v) is 7.46. The number of carbonyl (C=O) groups excluding carboxylic acids is 2. The van der Waals surface area contributed by atoms with E-state index in [4.69, 9.17) is 0 Å². The molecule has 0 spiro atoms. The smallest absolute Gasteiger partial charge is 0.234 e. The molecule has 1 fully saturated rings. The van der Waals surface area contributed by atoms with Gasteiger partial charge in [0.1, 0.15) is 0 Å². The molecule has 150 valence electrons. The first-order valence-corrected chi connectivity index (χ1v) is 10.0. The van der Waals surface area contributed by atoms with E-state index in [1.165, 1.54) is 0 Å². The van der Waals surface area contributed by atoms with Crippen LogP contribution in [0.4, 0.5) is 0 Å². The molecule has 0 atom stereocenters. The van der Waals surface area contributed by atoms with E-state index in [-0.39, 0.29) is 11.8 Å². The fourth-order valence-electron chi connectivity index (χ4n) is 3.76. The molecule has 3 aromatic rings. The highest BCUT2D eigenvalue weighted by molar-refractivity contribution is 5.89. The summed E-state index contributed by atoms with van der Waals surface area (Å²) >= 11 is 0. The zero-order chi connectivity index (χ0) is 20.1. The molecule has 6 nitrogen and oxygen atoms in total. The van der Waals surface area contributed by atoms with Gasteiger partial charge in [0.05, 0.1) is 13.0 Å². The van der Waals surface area contributed by atoms with Crippen LogP contribution in [-0.2, 0) is 22.6 Å². The minimum Gasteiger partial charge on any atom is -0.361 e. The Labute approximate surface area is 170 Å². The SMILES string of the molecule is O=C(CN1CCN(C(=O)Cc2c[nH]c3ccccc23)CC1)NCc1ccccc1. The fraction of sp³-hybridized carbons (Fsp3) is 0.304. The van der Waals surface area contributed by atoms with Crippen molar-refractivity contribution in [1.82, 2.24) is 20.1 Å². The van der Waals surface area contributed by atoms with Gasteiger partial charge in [0.2, 0.25) is 11.8 Å². The molecule has 6 heteroatoms. The van der Waals surface area contributed by atoms with E-state index in [2.05, 4.69) is 15.2 Å². The third kappa shape index (κ3) is 4.84. The first-order chi connectivity index (χ1) is 14.2. The minimum atomic E-state index is 0.0208. The summed E-state index contributed by atoms with van der Waals surface area (Å²) < 4.78 is 0. The maximum Gasteiger partial charge on any atom is 0.234 e. The number of hydrogen-bond acceptors (Lipinski definition) is 3. The molecular weight excluding hydrogens is 364 g/mol. The van der Waals surface area contributed by atoms with E-state index in [0.717, 1.165) is 35.1 Å². The largest absolute Gasteiger partial charge is 0.361 e. The van der Waals surface area contributed by atoms with Crippen molar-refractivity contribution in [2.24, 2.45) is 0 Å². The Balaban J connectivity index is 1.22. The van der Waals surface area contributed by atoms with Crippen LogP contribution in [0.2, 0.25) is 0 Å². The predicted molar refractivity (Wildman–Crippen MR) is 113 cm³/mol. The number of fused-ring (bicyclic) bond motifs is 1. The highest BCUT2D eigenvalue weighted by atomic mass is 16.2. The summed E-state index contributed by atoms with van der Waals surface area (Å²) in [6, 6.07) is 17.9. The summed E-state index contributed by atoms with van der Waals surface area (Å²) in [5, 5.41) is 4.07. The fourth-order valence-corrected chi connectivity index (χ4v) is 3.76. The van der Waals surface area contributed by atoms with Crippen LogP contribution in [0.25, 0.3) is 10.9 Å².